The van der Waals surface area contributed by atoms with Gasteiger partial charge in [-0.2, -0.15) is 0 Å². The fourth-order valence-electron chi connectivity index (χ4n) is 3.30. The van der Waals surface area contributed by atoms with E-state index in [1.54, 1.807) is 0 Å². The van der Waals surface area contributed by atoms with Crippen molar-refractivity contribution in [3.05, 3.63) is 0 Å². The Morgan fingerprint density at radius 1 is 1.42 bits per heavy atom. The summed E-state index contributed by atoms with van der Waals surface area (Å²) in [6.07, 6.45) is 5.25. The van der Waals surface area contributed by atoms with Crippen LogP contribution in [-0.4, -0.2) is 11.1 Å². The number of aliphatic carboxylic acids is 1. The highest BCUT2D eigenvalue weighted by Crippen LogP contribution is 2.56. The van der Waals surface area contributed by atoms with Gasteiger partial charge in [-0.05, 0) is 37.5 Å². The van der Waals surface area contributed by atoms with Crippen molar-refractivity contribution in [1.82, 2.24) is 0 Å². The number of carboxylic acid groups (broad SMARTS) is 1. The summed E-state index contributed by atoms with van der Waals surface area (Å²) in [6.45, 7) is 2.21. The Morgan fingerprint density at radius 3 is 2.75 bits per heavy atom. The number of carbonyl (C=O) groups is 1. The monoisotopic (exact) mass is 168 g/mol. The zero-order valence-corrected chi connectivity index (χ0v) is 7.55. The average molecular weight is 168 g/mol. The third-order valence-electron chi connectivity index (χ3n) is 4.01. The van der Waals surface area contributed by atoms with E-state index >= 15 is 0 Å². The predicted octanol–water partition coefficient (Wildman–Crippen LogP) is 2.29. The molecule has 2 nitrogen and oxygen atoms in total. The van der Waals surface area contributed by atoms with Crippen LogP contribution in [0.25, 0.3) is 0 Å². The molecule has 2 aliphatic rings. The van der Waals surface area contributed by atoms with Gasteiger partial charge in [0.05, 0.1) is 5.41 Å². The Balaban J connectivity index is 2.29. The summed E-state index contributed by atoms with van der Waals surface area (Å²) in [5, 5.41) is 9.19. The predicted molar refractivity (Wildman–Crippen MR) is 45.8 cm³/mol. The maximum Gasteiger partial charge on any atom is 0.309 e. The molecular weight excluding hydrogens is 152 g/mol. The summed E-state index contributed by atoms with van der Waals surface area (Å²) in [5.41, 5.74) is -0.306. The highest BCUT2D eigenvalue weighted by molar-refractivity contribution is 5.76. The van der Waals surface area contributed by atoms with Crippen LogP contribution in [0.15, 0.2) is 0 Å². The SMILES string of the molecule is CC1CCC2(C(=O)O)CCCC12. The third kappa shape index (κ3) is 0.838. The van der Waals surface area contributed by atoms with Gasteiger partial charge in [0.15, 0.2) is 0 Å². The van der Waals surface area contributed by atoms with Gasteiger partial charge >= 0.3 is 5.97 Å². The van der Waals surface area contributed by atoms with Crippen LogP contribution in [0.3, 0.4) is 0 Å². The second kappa shape index (κ2) is 2.48. The Hall–Kier alpha value is -0.530. The van der Waals surface area contributed by atoms with Crippen molar-refractivity contribution < 1.29 is 9.90 Å². The molecule has 2 rings (SSSR count). The van der Waals surface area contributed by atoms with Gasteiger partial charge in [-0.15, -0.1) is 0 Å². The minimum Gasteiger partial charge on any atom is -0.481 e. The van der Waals surface area contributed by atoms with Crippen molar-refractivity contribution in [1.29, 1.82) is 0 Å². The minimum atomic E-state index is -0.533. The Morgan fingerprint density at radius 2 is 2.17 bits per heavy atom. The lowest BCUT2D eigenvalue weighted by Crippen LogP contribution is -2.31. The number of hydrogen-bond acceptors (Lipinski definition) is 1. The maximum atomic E-state index is 11.2. The first-order valence-electron chi connectivity index (χ1n) is 4.90. The Labute approximate surface area is 73.0 Å². The van der Waals surface area contributed by atoms with Gasteiger partial charge in [0, 0.05) is 0 Å². The first-order valence-corrected chi connectivity index (χ1v) is 4.90. The molecule has 2 saturated carbocycles. The summed E-state index contributed by atoms with van der Waals surface area (Å²) >= 11 is 0. The summed E-state index contributed by atoms with van der Waals surface area (Å²) < 4.78 is 0. The normalized spacial score (nSPS) is 46.1. The van der Waals surface area contributed by atoms with E-state index in [9.17, 15) is 9.90 Å². The van der Waals surface area contributed by atoms with Gasteiger partial charge in [0.1, 0.15) is 0 Å². The molecule has 3 atom stereocenters. The average Bonchev–Trinajstić information content (AvgIpc) is 2.53. The van der Waals surface area contributed by atoms with Gasteiger partial charge in [-0.1, -0.05) is 13.3 Å². The van der Waals surface area contributed by atoms with Crippen LogP contribution in [0, 0.1) is 17.3 Å². The topological polar surface area (TPSA) is 37.3 Å². The largest absolute Gasteiger partial charge is 0.481 e. The second-order valence-corrected chi connectivity index (χ2v) is 4.48. The maximum absolute atomic E-state index is 11.2. The molecule has 0 aromatic rings. The molecule has 2 fully saturated rings. The summed E-state index contributed by atoms with van der Waals surface area (Å²) in [7, 11) is 0. The van der Waals surface area contributed by atoms with E-state index in [1.807, 2.05) is 0 Å². The summed E-state index contributed by atoms with van der Waals surface area (Å²) in [6, 6.07) is 0. The molecule has 12 heavy (non-hydrogen) atoms. The van der Waals surface area contributed by atoms with E-state index in [0.29, 0.717) is 11.8 Å². The molecule has 2 aliphatic carbocycles. The molecule has 0 aromatic heterocycles. The fraction of sp³-hybridized carbons (Fsp3) is 0.900. The molecule has 0 bridgehead atoms. The smallest absolute Gasteiger partial charge is 0.309 e. The highest BCUT2D eigenvalue weighted by Gasteiger charge is 2.54. The second-order valence-electron chi connectivity index (χ2n) is 4.48. The minimum absolute atomic E-state index is 0.306. The van der Waals surface area contributed by atoms with Gasteiger partial charge in [0.25, 0.3) is 0 Å². The molecule has 0 aliphatic heterocycles. The third-order valence-corrected chi connectivity index (χ3v) is 4.01. The Bertz CT molecular complexity index is 212. The molecule has 0 saturated heterocycles. The number of rotatable bonds is 1. The first kappa shape index (κ1) is 8.09. The lowest BCUT2D eigenvalue weighted by atomic mass is 9.78. The molecule has 0 aromatic carbocycles. The molecule has 0 spiro atoms. The molecule has 1 N–H and O–H groups in total. The van der Waals surface area contributed by atoms with Crippen molar-refractivity contribution in [2.75, 3.05) is 0 Å². The van der Waals surface area contributed by atoms with Gasteiger partial charge in [-0.3, -0.25) is 4.79 Å². The van der Waals surface area contributed by atoms with Crippen LogP contribution in [0.2, 0.25) is 0 Å². The van der Waals surface area contributed by atoms with E-state index in [-0.39, 0.29) is 5.41 Å². The number of hydrogen-bond donors (Lipinski definition) is 1. The van der Waals surface area contributed by atoms with Gasteiger partial charge in [-0.25, -0.2) is 0 Å². The molecule has 0 heterocycles. The van der Waals surface area contributed by atoms with Crippen molar-refractivity contribution in [3.8, 4) is 0 Å². The number of fused-ring (bicyclic) bond motifs is 1. The molecular formula is C10H16O2. The summed E-state index contributed by atoms with van der Waals surface area (Å²) in [4.78, 5) is 11.2. The lowest BCUT2D eigenvalue weighted by Gasteiger charge is -2.25. The zero-order valence-electron chi connectivity index (χ0n) is 7.55. The quantitative estimate of drug-likeness (QED) is 0.652. The Kier molecular flexibility index (Phi) is 1.67. The van der Waals surface area contributed by atoms with Crippen LogP contribution in [0.4, 0.5) is 0 Å². The molecule has 0 amide bonds. The van der Waals surface area contributed by atoms with Crippen LogP contribution in [-0.2, 0) is 4.79 Å². The van der Waals surface area contributed by atoms with Crippen LogP contribution in [0.1, 0.15) is 39.0 Å². The van der Waals surface area contributed by atoms with E-state index in [2.05, 4.69) is 6.92 Å². The number of carboxylic acids is 1. The molecule has 2 heteroatoms. The van der Waals surface area contributed by atoms with Gasteiger partial charge in [0.2, 0.25) is 0 Å². The van der Waals surface area contributed by atoms with Crippen LogP contribution >= 0.6 is 0 Å². The first-order chi connectivity index (χ1) is 5.67. The molecule has 3 unspecified atom stereocenters. The highest BCUT2D eigenvalue weighted by atomic mass is 16.4. The zero-order chi connectivity index (χ0) is 8.77. The van der Waals surface area contributed by atoms with E-state index in [0.717, 1.165) is 32.1 Å². The molecule has 68 valence electrons. The van der Waals surface area contributed by atoms with Crippen molar-refractivity contribution >= 4 is 5.97 Å². The van der Waals surface area contributed by atoms with Crippen molar-refractivity contribution in [2.45, 2.75) is 39.0 Å². The van der Waals surface area contributed by atoms with Crippen LogP contribution in [0.5, 0.6) is 0 Å². The van der Waals surface area contributed by atoms with Gasteiger partial charge < -0.3 is 5.11 Å². The summed E-state index contributed by atoms with van der Waals surface area (Å²) in [5.74, 6) is 0.591. The fourth-order valence-corrected chi connectivity index (χ4v) is 3.30. The molecule has 0 radical (unpaired) electrons. The van der Waals surface area contributed by atoms with Crippen molar-refractivity contribution in [2.24, 2.45) is 17.3 Å². The van der Waals surface area contributed by atoms with Crippen molar-refractivity contribution in [3.63, 3.8) is 0 Å². The standard InChI is InChI=1S/C10H16O2/c1-7-4-6-10(9(11)12)5-2-3-8(7)10/h7-8H,2-6H2,1H3,(H,11,12). The van der Waals surface area contributed by atoms with E-state index in [1.165, 1.54) is 0 Å². The van der Waals surface area contributed by atoms with Crippen LogP contribution < -0.4 is 0 Å². The van der Waals surface area contributed by atoms with E-state index in [4.69, 9.17) is 0 Å². The van der Waals surface area contributed by atoms with E-state index < -0.39 is 5.97 Å². The lowest BCUT2D eigenvalue weighted by molar-refractivity contribution is -0.150.